The quantitative estimate of drug-likeness (QED) is 0.693. The van der Waals surface area contributed by atoms with Gasteiger partial charge < -0.3 is 4.79 Å². The molecule has 0 saturated heterocycles. The highest BCUT2D eigenvalue weighted by Gasteiger charge is 2.13. The third kappa shape index (κ3) is 2.93. The molecule has 0 aliphatic heterocycles. The number of carbonyl (C=O) groups is 1. The summed E-state index contributed by atoms with van der Waals surface area (Å²) >= 11 is 0. The van der Waals surface area contributed by atoms with Crippen LogP contribution in [0.4, 0.5) is 0 Å². The molecule has 1 heteroatoms. The Morgan fingerprint density at radius 3 is 2.31 bits per heavy atom. The van der Waals surface area contributed by atoms with E-state index >= 15 is 0 Å². The van der Waals surface area contributed by atoms with Crippen LogP contribution in [0.15, 0.2) is 48.1 Å². The number of rotatable bonds is 1. The van der Waals surface area contributed by atoms with E-state index in [0.717, 1.165) is 0 Å². The molecular formula is C15H18O. The molecule has 0 radical (unpaired) electrons. The molecule has 1 aromatic carbocycles. The van der Waals surface area contributed by atoms with Crippen LogP contribution in [0.25, 0.3) is 5.57 Å². The Labute approximate surface area is 97.5 Å². The second kappa shape index (κ2) is 6.06. The van der Waals surface area contributed by atoms with Gasteiger partial charge in [-0.3, -0.25) is 0 Å². The second-order valence-electron chi connectivity index (χ2n) is 4.11. The summed E-state index contributed by atoms with van der Waals surface area (Å²) in [6, 6.07) is 10.7. The standard InChI is InChI=1S/C14H16.CH2O/c1-11-8-9-14(12(2)10-11)13-6-4-3-5-7-13;1-2/h3-9,12H,10H2,1-2H3;1H2. The molecule has 0 heterocycles. The van der Waals surface area contributed by atoms with Gasteiger partial charge >= 0.3 is 0 Å². The number of hydrogen-bond acceptors (Lipinski definition) is 1. The summed E-state index contributed by atoms with van der Waals surface area (Å²) in [5.41, 5.74) is 4.32. The van der Waals surface area contributed by atoms with E-state index in [2.05, 4.69) is 56.3 Å². The van der Waals surface area contributed by atoms with Gasteiger partial charge in [-0.25, -0.2) is 0 Å². The van der Waals surface area contributed by atoms with Crippen molar-refractivity contribution in [3.63, 3.8) is 0 Å². The molecule has 1 aliphatic carbocycles. The number of hydrogen-bond donors (Lipinski definition) is 0. The van der Waals surface area contributed by atoms with Crippen molar-refractivity contribution in [2.75, 3.05) is 0 Å². The molecule has 0 N–H and O–H groups in total. The van der Waals surface area contributed by atoms with Crippen molar-refractivity contribution in [2.24, 2.45) is 5.92 Å². The van der Waals surface area contributed by atoms with Crippen LogP contribution in [0.3, 0.4) is 0 Å². The van der Waals surface area contributed by atoms with Gasteiger partial charge in [0.15, 0.2) is 0 Å². The van der Waals surface area contributed by atoms with Crippen LogP contribution >= 0.6 is 0 Å². The first-order valence-corrected chi connectivity index (χ1v) is 5.49. The van der Waals surface area contributed by atoms with Crippen LogP contribution in [-0.4, -0.2) is 6.79 Å². The van der Waals surface area contributed by atoms with Crippen LogP contribution < -0.4 is 0 Å². The molecule has 0 saturated carbocycles. The fraction of sp³-hybridized carbons (Fsp3) is 0.267. The Morgan fingerprint density at radius 1 is 1.12 bits per heavy atom. The molecule has 1 atom stereocenters. The lowest BCUT2D eigenvalue weighted by atomic mass is 9.85. The van der Waals surface area contributed by atoms with Crippen LogP contribution in [0.2, 0.25) is 0 Å². The lowest BCUT2D eigenvalue weighted by Gasteiger charge is -2.20. The molecule has 2 rings (SSSR count). The molecule has 1 aromatic rings. The highest BCUT2D eigenvalue weighted by Crippen LogP contribution is 2.31. The first-order chi connectivity index (χ1) is 7.77. The average Bonchev–Trinajstić information content (AvgIpc) is 2.33. The van der Waals surface area contributed by atoms with Crippen molar-refractivity contribution in [2.45, 2.75) is 20.3 Å². The van der Waals surface area contributed by atoms with Crippen LogP contribution in [0, 0.1) is 5.92 Å². The number of allylic oxidation sites excluding steroid dienone is 4. The highest BCUT2D eigenvalue weighted by molar-refractivity contribution is 5.70. The van der Waals surface area contributed by atoms with E-state index in [-0.39, 0.29) is 0 Å². The smallest absolute Gasteiger partial charge is 0.106 e. The summed E-state index contributed by atoms with van der Waals surface area (Å²) in [7, 11) is 0. The van der Waals surface area contributed by atoms with Gasteiger partial charge in [-0.1, -0.05) is 55.0 Å². The third-order valence-electron chi connectivity index (χ3n) is 2.81. The van der Waals surface area contributed by atoms with E-state index < -0.39 is 0 Å². The van der Waals surface area contributed by atoms with E-state index in [9.17, 15) is 0 Å². The lowest BCUT2D eigenvalue weighted by molar-refractivity contribution is -0.0979. The summed E-state index contributed by atoms with van der Waals surface area (Å²) in [4.78, 5) is 8.00. The molecular weight excluding hydrogens is 196 g/mol. The van der Waals surface area contributed by atoms with Crippen molar-refractivity contribution < 1.29 is 4.79 Å². The molecule has 0 fully saturated rings. The second-order valence-corrected chi connectivity index (χ2v) is 4.11. The topological polar surface area (TPSA) is 17.1 Å². The molecule has 16 heavy (non-hydrogen) atoms. The zero-order valence-corrected chi connectivity index (χ0v) is 9.94. The predicted octanol–water partition coefficient (Wildman–Crippen LogP) is 3.87. The fourth-order valence-corrected chi connectivity index (χ4v) is 2.07. The largest absolute Gasteiger partial charge is 0.307 e. The van der Waals surface area contributed by atoms with Gasteiger partial charge in [0, 0.05) is 0 Å². The fourth-order valence-electron chi connectivity index (χ4n) is 2.07. The normalized spacial score (nSPS) is 19.0. The summed E-state index contributed by atoms with van der Waals surface area (Å²) in [5, 5.41) is 0. The van der Waals surface area contributed by atoms with Gasteiger partial charge in [0.1, 0.15) is 6.79 Å². The Bertz CT molecular complexity index is 387. The Kier molecular flexibility index (Phi) is 4.71. The Balaban J connectivity index is 0.000000606. The van der Waals surface area contributed by atoms with E-state index in [4.69, 9.17) is 4.79 Å². The first kappa shape index (κ1) is 12.4. The minimum Gasteiger partial charge on any atom is -0.307 e. The minimum atomic E-state index is 0.655. The zero-order chi connectivity index (χ0) is 12.0. The molecule has 0 bridgehead atoms. The van der Waals surface area contributed by atoms with Crippen molar-refractivity contribution in [1.29, 1.82) is 0 Å². The molecule has 84 valence electrons. The van der Waals surface area contributed by atoms with Crippen molar-refractivity contribution in [3.05, 3.63) is 53.6 Å². The predicted molar refractivity (Wildman–Crippen MR) is 69.1 cm³/mol. The van der Waals surface area contributed by atoms with Gasteiger partial charge in [-0.05, 0) is 30.4 Å². The molecule has 0 spiro atoms. The monoisotopic (exact) mass is 214 g/mol. The van der Waals surface area contributed by atoms with Crippen molar-refractivity contribution >= 4 is 12.4 Å². The zero-order valence-electron chi connectivity index (χ0n) is 9.94. The SMILES string of the molecule is C=O.CC1=CC=C(c2ccccc2)C(C)C1. The van der Waals surface area contributed by atoms with Crippen molar-refractivity contribution in [3.8, 4) is 0 Å². The summed E-state index contributed by atoms with van der Waals surface area (Å²) in [6.07, 6.45) is 5.70. The number of benzene rings is 1. The minimum absolute atomic E-state index is 0.655. The lowest BCUT2D eigenvalue weighted by Crippen LogP contribution is -2.03. The summed E-state index contributed by atoms with van der Waals surface area (Å²) < 4.78 is 0. The first-order valence-electron chi connectivity index (χ1n) is 5.49. The van der Waals surface area contributed by atoms with E-state index in [1.54, 1.807) is 0 Å². The van der Waals surface area contributed by atoms with E-state index in [0.29, 0.717) is 5.92 Å². The van der Waals surface area contributed by atoms with Crippen LogP contribution in [0.1, 0.15) is 25.8 Å². The average molecular weight is 214 g/mol. The Morgan fingerprint density at radius 2 is 1.75 bits per heavy atom. The molecule has 0 aromatic heterocycles. The van der Waals surface area contributed by atoms with Gasteiger partial charge in [-0.15, -0.1) is 0 Å². The van der Waals surface area contributed by atoms with Crippen LogP contribution in [-0.2, 0) is 4.79 Å². The Hall–Kier alpha value is -1.63. The highest BCUT2D eigenvalue weighted by atomic mass is 16.1. The maximum atomic E-state index is 8.00. The van der Waals surface area contributed by atoms with Gasteiger partial charge in [-0.2, -0.15) is 0 Å². The van der Waals surface area contributed by atoms with E-state index in [1.165, 1.54) is 23.1 Å². The maximum absolute atomic E-state index is 8.00. The van der Waals surface area contributed by atoms with Crippen molar-refractivity contribution in [1.82, 2.24) is 0 Å². The molecule has 1 aliphatic rings. The van der Waals surface area contributed by atoms with Gasteiger partial charge in [0.05, 0.1) is 0 Å². The summed E-state index contributed by atoms with van der Waals surface area (Å²) in [6.45, 7) is 6.50. The van der Waals surface area contributed by atoms with Gasteiger partial charge in [0.2, 0.25) is 0 Å². The molecule has 1 nitrogen and oxygen atoms in total. The molecule has 1 unspecified atom stereocenters. The number of carbonyl (C=O) groups excluding carboxylic acids is 1. The molecule has 0 amide bonds. The maximum Gasteiger partial charge on any atom is 0.106 e. The van der Waals surface area contributed by atoms with Crippen LogP contribution in [0.5, 0.6) is 0 Å². The van der Waals surface area contributed by atoms with E-state index in [1.807, 2.05) is 6.79 Å². The third-order valence-corrected chi connectivity index (χ3v) is 2.81. The summed E-state index contributed by atoms with van der Waals surface area (Å²) in [5.74, 6) is 0.655. The van der Waals surface area contributed by atoms with Gasteiger partial charge in [0.25, 0.3) is 0 Å².